The summed E-state index contributed by atoms with van der Waals surface area (Å²) in [7, 11) is 1.57. The molecule has 1 aliphatic rings. The molecule has 1 fully saturated rings. The molecule has 0 saturated carbocycles. The molecule has 3 rings (SSSR count). The summed E-state index contributed by atoms with van der Waals surface area (Å²) in [5.41, 5.74) is 0.768. The molecule has 0 radical (unpaired) electrons. The summed E-state index contributed by atoms with van der Waals surface area (Å²) in [5, 5.41) is 11.1. The normalized spacial score (nSPS) is 17.4. The van der Waals surface area contributed by atoms with Gasteiger partial charge in [-0.15, -0.1) is 0 Å². The van der Waals surface area contributed by atoms with Crippen LogP contribution in [0.3, 0.4) is 0 Å². The van der Waals surface area contributed by atoms with Crippen LogP contribution in [-0.2, 0) is 9.59 Å². The van der Waals surface area contributed by atoms with Crippen molar-refractivity contribution in [1.82, 2.24) is 4.90 Å². The molecule has 0 spiro atoms. The number of aliphatic carboxylic acids is 1. The lowest BCUT2D eigenvalue weighted by Gasteiger charge is -2.18. The molecule has 1 amide bonds. The molecule has 25 heavy (non-hydrogen) atoms. The van der Waals surface area contributed by atoms with Gasteiger partial charge < -0.3 is 9.84 Å². The van der Waals surface area contributed by atoms with Crippen molar-refractivity contribution in [2.24, 2.45) is 0 Å². The molecule has 1 saturated heterocycles. The van der Waals surface area contributed by atoms with Gasteiger partial charge in [-0.05, 0) is 29.8 Å². The lowest BCUT2D eigenvalue weighted by Crippen LogP contribution is -2.41. The Bertz CT molecular complexity index is 922. The van der Waals surface area contributed by atoms with Gasteiger partial charge in [0.2, 0.25) is 0 Å². The van der Waals surface area contributed by atoms with E-state index in [1.54, 1.807) is 13.2 Å². The summed E-state index contributed by atoms with van der Waals surface area (Å²) in [6.07, 6.45) is 1.72. The van der Waals surface area contributed by atoms with E-state index in [0.717, 1.165) is 33.0 Å². The first-order valence-electron chi connectivity index (χ1n) is 7.49. The van der Waals surface area contributed by atoms with E-state index >= 15 is 0 Å². The number of benzene rings is 2. The Labute approximate surface area is 154 Å². The van der Waals surface area contributed by atoms with Crippen molar-refractivity contribution in [3.8, 4) is 5.75 Å². The van der Waals surface area contributed by atoms with Gasteiger partial charge in [-0.2, -0.15) is 0 Å². The van der Waals surface area contributed by atoms with Gasteiger partial charge in [0.05, 0.1) is 12.0 Å². The number of hydrogen-bond donors (Lipinski definition) is 1. The predicted molar refractivity (Wildman–Crippen MR) is 103 cm³/mol. The second-order valence-electron chi connectivity index (χ2n) is 5.47. The lowest BCUT2D eigenvalue weighted by molar-refractivity contribution is -0.144. The standard InChI is InChI=1S/C18H15NO4S2/c1-10(17(21)22)19-16(20)15(25-18(19)24)9-13-12-6-4-3-5-11(12)7-8-14(13)23-2/h3-10H,1-2H3,(H,21,22)/b15-9-/t10-/m1/s1. The first kappa shape index (κ1) is 17.4. The van der Waals surface area contributed by atoms with Gasteiger partial charge in [0.25, 0.3) is 5.91 Å². The molecule has 0 aliphatic carbocycles. The average molecular weight is 373 g/mol. The van der Waals surface area contributed by atoms with Gasteiger partial charge in [0.1, 0.15) is 16.1 Å². The first-order chi connectivity index (χ1) is 11.9. The minimum Gasteiger partial charge on any atom is -0.496 e. The van der Waals surface area contributed by atoms with Crippen molar-refractivity contribution in [2.75, 3.05) is 7.11 Å². The van der Waals surface area contributed by atoms with E-state index in [2.05, 4.69) is 0 Å². The number of carboxylic acid groups (broad SMARTS) is 1. The number of carboxylic acids is 1. The molecule has 1 aliphatic heterocycles. The van der Waals surface area contributed by atoms with E-state index in [4.69, 9.17) is 17.0 Å². The highest BCUT2D eigenvalue weighted by Crippen LogP contribution is 2.37. The topological polar surface area (TPSA) is 66.8 Å². The number of thioether (sulfide) groups is 1. The number of thiocarbonyl (C=S) groups is 1. The summed E-state index contributed by atoms with van der Waals surface area (Å²) >= 11 is 6.30. The maximum atomic E-state index is 12.6. The number of fused-ring (bicyclic) bond motifs is 1. The van der Waals surface area contributed by atoms with E-state index in [1.165, 1.54) is 6.92 Å². The van der Waals surface area contributed by atoms with Gasteiger partial charge in [-0.1, -0.05) is 54.3 Å². The van der Waals surface area contributed by atoms with Crippen LogP contribution >= 0.6 is 24.0 Å². The highest BCUT2D eigenvalue weighted by atomic mass is 32.2. The van der Waals surface area contributed by atoms with Gasteiger partial charge in [0.15, 0.2) is 0 Å². The van der Waals surface area contributed by atoms with Crippen LogP contribution in [0.4, 0.5) is 0 Å². The van der Waals surface area contributed by atoms with Crippen LogP contribution in [0.25, 0.3) is 16.8 Å². The Kier molecular flexibility index (Phi) is 4.78. The molecule has 5 nitrogen and oxygen atoms in total. The quantitative estimate of drug-likeness (QED) is 0.653. The molecule has 2 aromatic carbocycles. The number of amides is 1. The van der Waals surface area contributed by atoms with Gasteiger partial charge in [0, 0.05) is 5.56 Å². The largest absolute Gasteiger partial charge is 0.496 e. The molecule has 128 valence electrons. The number of nitrogens with zero attached hydrogens (tertiary/aromatic N) is 1. The number of methoxy groups -OCH3 is 1. The van der Waals surface area contributed by atoms with Crippen LogP contribution in [0.1, 0.15) is 12.5 Å². The Morgan fingerprint density at radius 1 is 1.32 bits per heavy atom. The SMILES string of the molecule is COc1ccc2ccccc2c1/C=C1\SC(=S)N([C@H](C)C(=O)O)C1=O. The highest BCUT2D eigenvalue weighted by Gasteiger charge is 2.38. The Hall–Kier alpha value is -2.38. The minimum atomic E-state index is -1.10. The van der Waals surface area contributed by atoms with Crippen molar-refractivity contribution < 1.29 is 19.4 Å². The zero-order valence-corrected chi connectivity index (χ0v) is 15.2. The predicted octanol–water partition coefficient (Wildman–Crippen LogP) is 3.52. The minimum absolute atomic E-state index is 0.241. The number of carbonyl (C=O) groups is 2. The van der Waals surface area contributed by atoms with Crippen LogP contribution < -0.4 is 4.74 Å². The maximum Gasteiger partial charge on any atom is 0.326 e. The van der Waals surface area contributed by atoms with Crippen LogP contribution in [0.15, 0.2) is 41.3 Å². The molecular weight excluding hydrogens is 358 g/mol. The summed E-state index contributed by atoms with van der Waals surface area (Å²) in [4.78, 5) is 25.4. The second-order valence-corrected chi connectivity index (χ2v) is 7.14. The molecule has 0 unspecified atom stereocenters. The molecule has 0 bridgehead atoms. The van der Waals surface area contributed by atoms with E-state index in [1.807, 2.05) is 36.4 Å². The summed E-state index contributed by atoms with van der Waals surface area (Å²) in [5.74, 6) is -0.865. The van der Waals surface area contributed by atoms with Gasteiger partial charge in [-0.3, -0.25) is 9.69 Å². The fourth-order valence-electron chi connectivity index (χ4n) is 2.66. The van der Waals surface area contributed by atoms with Crippen LogP contribution in [0.5, 0.6) is 5.75 Å². The monoisotopic (exact) mass is 373 g/mol. The van der Waals surface area contributed by atoms with Crippen LogP contribution in [0, 0.1) is 0 Å². The third kappa shape index (κ3) is 3.12. The van der Waals surface area contributed by atoms with E-state index < -0.39 is 17.9 Å². The van der Waals surface area contributed by atoms with Gasteiger partial charge in [-0.25, -0.2) is 4.79 Å². The van der Waals surface area contributed by atoms with Crippen molar-refractivity contribution in [2.45, 2.75) is 13.0 Å². The molecule has 7 heteroatoms. The Morgan fingerprint density at radius 2 is 2.04 bits per heavy atom. The zero-order chi connectivity index (χ0) is 18.1. The third-order valence-electron chi connectivity index (χ3n) is 3.99. The number of carbonyl (C=O) groups excluding carboxylic acids is 1. The lowest BCUT2D eigenvalue weighted by atomic mass is 10.0. The molecular formula is C18H15NO4S2. The fourth-order valence-corrected chi connectivity index (χ4v) is 4.06. The first-order valence-corrected chi connectivity index (χ1v) is 8.72. The Morgan fingerprint density at radius 3 is 2.72 bits per heavy atom. The van der Waals surface area contributed by atoms with Crippen LogP contribution in [0.2, 0.25) is 0 Å². The van der Waals surface area contributed by atoms with Gasteiger partial charge >= 0.3 is 5.97 Å². The zero-order valence-electron chi connectivity index (χ0n) is 13.6. The van der Waals surface area contributed by atoms with E-state index in [9.17, 15) is 14.7 Å². The molecule has 0 aromatic heterocycles. The molecule has 1 heterocycles. The summed E-state index contributed by atoms with van der Waals surface area (Å²) in [6, 6.07) is 10.6. The van der Waals surface area contributed by atoms with E-state index in [0.29, 0.717) is 10.7 Å². The smallest absolute Gasteiger partial charge is 0.326 e. The third-order valence-corrected chi connectivity index (χ3v) is 5.32. The molecule has 1 atom stereocenters. The molecule has 1 N–H and O–H groups in total. The summed E-state index contributed by atoms with van der Waals surface area (Å²) in [6.45, 7) is 1.44. The van der Waals surface area contributed by atoms with Crippen molar-refractivity contribution >= 4 is 57.0 Å². The number of rotatable bonds is 4. The summed E-state index contributed by atoms with van der Waals surface area (Å²) < 4.78 is 5.67. The highest BCUT2D eigenvalue weighted by molar-refractivity contribution is 8.26. The second kappa shape index (κ2) is 6.85. The fraction of sp³-hybridized carbons (Fsp3) is 0.167. The Balaban J connectivity index is 2.10. The van der Waals surface area contributed by atoms with E-state index in [-0.39, 0.29) is 4.32 Å². The number of ether oxygens (including phenoxy) is 1. The number of hydrogen-bond acceptors (Lipinski definition) is 5. The average Bonchev–Trinajstić information content (AvgIpc) is 2.88. The van der Waals surface area contributed by atoms with Crippen LogP contribution in [-0.4, -0.2) is 39.4 Å². The molecule has 2 aromatic rings. The van der Waals surface area contributed by atoms with Crippen molar-refractivity contribution in [3.63, 3.8) is 0 Å². The van der Waals surface area contributed by atoms with Crippen molar-refractivity contribution in [3.05, 3.63) is 46.9 Å². The maximum absolute atomic E-state index is 12.6. The van der Waals surface area contributed by atoms with Crippen molar-refractivity contribution in [1.29, 1.82) is 0 Å².